The molecule has 0 heterocycles. The molecular formula is C11H23N2O3S+. The van der Waals surface area contributed by atoms with Crippen molar-refractivity contribution in [2.45, 2.75) is 12.8 Å². The molecule has 0 bridgehead atoms. The quantitative estimate of drug-likeness (QED) is 0.203. The molecule has 0 aromatic rings. The molecule has 0 aromatic carbocycles. The van der Waals surface area contributed by atoms with Gasteiger partial charge in [-0.1, -0.05) is 13.2 Å². The Kier molecular flexibility index (Phi) is 7.29. The Labute approximate surface area is 104 Å². The number of hydrogen-bond donors (Lipinski definition) is 2. The van der Waals surface area contributed by atoms with E-state index >= 15 is 0 Å². The summed E-state index contributed by atoms with van der Waals surface area (Å²) in [6.07, 6.45) is 4.80. The van der Waals surface area contributed by atoms with Crippen LogP contribution in [-0.4, -0.2) is 50.0 Å². The molecule has 0 aliphatic rings. The normalized spacial score (nSPS) is 12.4. The molecule has 17 heavy (non-hydrogen) atoms. The van der Waals surface area contributed by atoms with Crippen LogP contribution in [0.1, 0.15) is 12.8 Å². The number of nitrogens with zero attached hydrogens (tertiary/aromatic N) is 1. The van der Waals surface area contributed by atoms with Crippen LogP contribution in [0.15, 0.2) is 25.3 Å². The molecule has 0 aliphatic heterocycles. The van der Waals surface area contributed by atoms with Gasteiger partial charge >= 0.3 is 0 Å². The zero-order chi connectivity index (χ0) is 13.4. The average molecular weight is 263 g/mol. The van der Waals surface area contributed by atoms with Gasteiger partial charge in [0.15, 0.2) is 0 Å². The van der Waals surface area contributed by atoms with Crippen LogP contribution in [0.4, 0.5) is 0 Å². The SMILES string of the molecule is C=CC[N+](C)(CC=C)NCCCCS(=O)(=O)O. The van der Waals surface area contributed by atoms with Gasteiger partial charge in [0.25, 0.3) is 10.1 Å². The molecule has 100 valence electrons. The summed E-state index contributed by atoms with van der Waals surface area (Å²) >= 11 is 0. The highest BCUT2D eigenvalue weighted by Gasteiger charge is 2.17. The first-order valence-corrected chi connectivity index (χ1v) is 7.20. The maximum Gasteiger partial charge on any atom is 0.264 e. The maximum atomic E-state index is 10.5. The van der Waals surface area contributed by atoms with Crippen molar-refractivity contribution in [3.8, 4) is 0 Å². The van der Waals surface area contributed by atoms with Crippen LogP contribution in [0.3, 0.4) is 0 Å². The summed E-state index contributed by atoms with van der Waals surface area (Å²) in [6, 6.07) is 0. The molecule has 0 unspecified atom stereocenters. The number of rotatable bonds is 10. The Hall–Kier alpha value is -0.690. The van der Waals surface area contributed by atoms with E-state index in [1.807, 2.05) is 19.2 Å². The van der Waals surface area contributed by atoms with E-state index in [-0.39, 0.29) is 5.75 Å². The van der Waals surface area contributed by atoms with Crippen molar-refractivity contribution in [3.63, 3.8) is 0 Å². The monoisotopic (exact) mass is 263 g/mol. The second-order valence-corrected chi connectivity index (χ2v) is 5.81. The predicted molar refractivity (Wildman–Crippen MR) is 70.0 cm³/mol. The molecule has 0 fully saturated rings. The van der Waals surface area contributed by atoms with Crippen molar-refractivity contribution in [1.82, 2.24) is 5.43 Å². The van der Waals surface area contributed by atoms with E-state index in [4.69, 9.17) is 4.55 Å². The van der Waals surface area contributed by atoms with Crippen LogP contribution in [0.5, 0.6) is 0 Å². The van der Waals surface area contributed by atoms with Gasteiger partial charge in [0.2, 0.25) is 0 Å². The Morgan fingerprint density at radius 3 is 2.18 bits per heavy atom. The first-order valence-electron chi connectivity index (χ1n) is 5.59. The second kappa shape index (κ2) is 7.60. The highest BCUT2D eigenvalue weighted by Crippen LogP contribution is 1.99. The lowest BCUT2D eigenvalue weighted by atomic mass is 10.3. The van der Waals surface area contributed by atoms with Crippen molar-refractivity contribution in [2.75, 3.05) is 32.4 Å². The highest BCUT2D eigenvalue weighted by atomic mass is 32.2. The summed E-state index contributed by atoms with van der Waals surface area (Å²) in [7, 11) is -1.81. The lowest BCUT2D eigenvalue weighted by Crippen LogP contribution is -2.55. The van der Waals surface area contributed by atoms with Gasteiger partial charge in [-0.25, -0.2) is 4.59 Å². The van der Waals surface area contributed by atoms with Crippen molar-refractivity contribution in [1.29, 1.82) is 0 Å². The summed E-state index contributed by atoms with van der Waals surface area (Å²) in [5, 5.41) is 0. The van der Waals surface area contributed by atoms with Crippen molar-refractivity contribution in [3.05, 3.63) is 25.3 Å². The minimum Gasteiger partial charge on any atom is -0.286 e. The number of nitrogens with one attached hydrogen (secondary N) is 1. The molecule has 0 atom stereocenters. The number of hydrogen-bond acceptors (Lipinski definition) is 3. The number of quaternary nitrogens is 1. The minimum absolute atomic E-state index is 0.179. The van der Waals surface area contributed by atoms with Gasteiger partial charge in [-0.2, -0.15) is 13.8 Å². The van der Waals surface area contributed by atoms with Crippen LogP contribution in [0.25, 0.3) is 0 Å². The third kappa shape index (κ3) is 9.05. The lowest BCUT2D eigenvalue weighted by Gasteiger charge is -2.32. The summed E-state index contributed by atoms with van der Waals surface area (Å²) < 4.78 is 30.2. The Bertz CT molecular complexity index is 329. The zero-order valence-corrected chi connectivity index (χ0v) is 11.2. The van der Waals surface area contributed by atoms with Gasteiger partial charge in [-0.15, -0.1) is 0 Å². The predicted octanol–water partition coefficient (Wildman–Crippen LogP) is 0.978. The van der Waals surface area contributed by atoms with Crippen molar-refractivity contribution in [2.24, 2.45) is 0 Å². The van der Waals surface area contributed by atoms with Crippen LogP contribution in [0, 0.1) is 0 Å². The van der Waals surface area contributed by atoms with Gasteiger partial charge in [0, 0.05) is 6.54 Å². The molecule has 5 nitrogen and oxygen atoms in total. The molecule has 2 N–H and O–H groups in total. The fraction of sp³-hybridized carbons (Fsp3) is 0.636. The highest BCUT2D eigenvalue weighted by molar-refractivity contribution is 7.85. The summed E-state index contributed by atoms with van der Waals surface area (Å²) in [4.78, 5) is 0. The Morgan fingerprint density at radius 2 is 1.76 bits per heavy atom. The Morgan fingerprint density at radius 1 is 1.24 bits per heavy atom. The Balaban J connectivity index is 3.90. The third-order valence-corrected chi connectivity index (χ3v) is 3.19. The molecule has 6 heteroatoms. The van der Waals surface area contributed by atoms with Gasteiger partial charge < -0.3 is 0 Å². The van der Waals surface area contributed by atoms with Gasteiger partial charge in [0.1, 0.15) is 13.1 Å². The first kappa shape index (κ1) is 16.3. The summed E-state index contributed by atoms with van der Waals surface area (Å²) in [5.74, 6) is -0.179. The minimum atomic E-state index is -3.83. The molecule has 0 saturated heterocycles. The molecule has 0 saturated carbocycles. The third-order valence-electron chi connectivity index (χ3n) is 2.39. The van der Waals surface area contributed by atoms with Crippen LogP contribution < -0.4 is 5.43 Å². The number of likely N-dealkylation sites (N-methyl/N-ethyl adjacent to an activating group) is 1. The van der Waals surface area contributed by atoms with Crippen molar-refractivity contribution < 1.29 is 17.6 Å². The molecule has 0 rings (SSSR count). The van der Waals surface area contributed by atoms with E-state index < -0.39 is 10.1 Å². The van der Waals surface area contributed by atoms with Crippen LogP contribution in [0.2, 0.25) is 0 Å². The molecule has 0 aliphatic carbocycles. The molecule has 0 radical (unpaired) electrons. The zero-order valence-electron chi connectivity index (χ0n) is 10.4. The smallest absolute Gasteiger partial charge is 0.264 e. The van der Waals surface area contributed by atoms with E-state index in [1.165, 1.54) is 0 Å². The van der Waals surface area contributed by atoms with E-state index in [9.17, 15) is 8.42 Å². The summed E-state index contributed by atoms with van der Waals surface area (Å²) in [6.45, 7) is 9.63. The number of unbranched alkanes of at least 4 members (excludes halogenated alkanes) is 1. The van der Waals surface area contributed by atoms with E-state index in [0.717, 1.165) is 13.1 Å². The van der Waals surface area contributed by atoms with Gasteiger partial charge in [-0.3, -0.25) is 4.55 Å². The van der Waals surface area contributed by atoms with Gasteiger partial charge in [-0.05, 0) is 25.0 Å². The summed E-state index contributed by atoms with van der Waals surface area (Å²) in [5.41, 5.74) is 3.30. The molecular weight excluding hydrogens is 240 g/mol. The topological polar surface area (TPSA) is 66.4 Å². The molecule has 0 spiro atoms. The van der Waals surface area contributed by atoms with E-state index in [1.54, 1.807) is 0 Å². The fourth-order valence-electron chi connectivity index (χ4n) is 1.53. The average Bonchev–Trinajstić information content (AvgIpc) is 2.16. The molecule has 0 amide bonds. The lowest BCUT2D eigenvalue weighted by molar-refractivity contribution is -0.941. The standard InChI is InChI=1S/C11H22N2O3S/c1-4-9-13(3,10-5-2)12-8-6-7-11-17(14,15)16/h4-5,12H,1-2,6-11H2,3H3/p+1. The van der Waals surface area contributed by atoms with Gasteiger partial charge in [0.05, 0.1) is 12.8 Å². The fourth-order valence-corrected chi connectivity index (χ4v) is 2.10. The van der Waals surface area contributed by atoms with E-state index in [0.29, 0.717) is 24.0 Å². The maximum absolute atomic E-state index is 10.5. The van der Waals surface area contributed by atoms with Crippen LogP contribution >= 0.6 is 0 Å². The van der Waals surface area contributed by atoms with E-state index in [2.05, 4.69) is 18.6 Å². The molecule has 0 aromatic heterocycles. The largest absolute Gasteiger partial charge is 0.286 e. The first-order chi connectivity index (χ1) is 7.83. The van der Waals surface area contributed by atoms with Crippen LogP contribution in [-0.2, 0) is 10.1 Å². The van der Waals surface area contributed by atoms with Crippen molar-refractivity contribution >= 4 is 10.1 Å². The second-order valence-electron chi connectivity index (χ2n) is 4.24.